The molecule has 3 N–H and O–H groups in total. The monoisotopic (exact) mass is 370 g/mol. The maximum atomic E-state index is 12.6. The second-order valence-corrected chi connectivity index (χ2v) is 6.58. The summed E-state index contributed by atoms with van der Waals surface area (Å²) in [6, 6.07) is 6.86. The number of aromatic nitrogens is 1. The smallest absolute Gasteiger partial charge is 0.303 e. The Morgan fingerprint density at radius 2 is 1.96 bits per heavy atom. The van der Waals surface area contributed by atoms with Gasteiger partial charge in [0.15, 0.2) is 5.78 Å². The molecule has 3 rings (SSSR count). The minimum atomic E-state index is -0.848. The molecule has 0 fully saturated rings. The molecule has 142 valence electrons. The molecule has 7 heteroatoms. The number of fused-ring (bicyclic) bond motifs is 1. The van der Waals surface area contributed by atoms with Gasteiger partial charge in [0.25, 0.3) is 5.91 Å². The normalized spacial score (nSPS) is 13.1. The van der Waals surface area contributed by atoms with E-state index in [0.717, 1.165) is 18.5 Å². The van der Waals surface area contributed by atoms with Crippen LogP contribution in [0, 0.1) is 6.92 Å². The average molecular weight is 370 g/mol. The molecule has 0 spiro atoms. The number of carbonyl (C=O) groups is 3. The van der Waals surface area contributed by atoms with E-state index in [9.17, 15) is 14.4 Å². The predicted octanol–water partition coefficient (Wildman–Crippen LogP) is 3.34. The van der Waals surface area contributed by atoms with Gasteiger partial charge in [-0.25, -0.2) is 0 Å². The van der Waals surface area contributed by atoms with Gasteiger partial charge in [0, 0.05) is 29.8 Å². The van der Waals surface area contributed by atoms with Crippen LogP contribution in [0.3, 0.4) is 0 Å². The van der Waals surface area contributed by atoms with Crippen LogP contribution in [0.4, 0.5) is 5.69 Å². The van der Waals surface area contributed by atoms with Gasteiger partial charge in [-0.1, -0.05) is 0 Å². The first-order chi connectivity index (χ1) is 13.0. The van der Waals surface area contributed by atoms with Gasteiger partial charge >= 0.3 is 5.97 Å². The van der Waals surface area contributed by atoms with E-state index in [2.05, 4.69) is 10.3 Å². The number of rotatable bonds is 7. The van der Waals surface area contributed by atoms with Gasteiger partial charge in [0.05, 0.1) is 6.61 Å². The number of carbonyl (C=O) groups excluding carboxylic acids is 2. The molecule has 27 heavy (non-hydrogen) atoms. The minimum Gasteiger partial charge on any atom is -0.494 e. The Morgan fingerprint density at radius 1 is 1.22 bits per heavy atom. The highest BCUT2D eigenvalue weighted by Crippen LogP contribution is 2.27. The van der Waals surface area contributed by atoms with E-state index in [1.807, 2.05) is 0 Å². The van der Waals surface area contributed by atoms with Crippen molar-refractivity contribution in [2.45, 2.75) is 39.0 Å². The molecule has 0 aliphatic heterocycles. The highest BCUT2D eigenvalue weighted by atomic mass is 16.5. The number of carboxylic acid groups (broad SMARTS) is 1. The van der Waals surface area contributed by atoms with E-state index in [1.165, 1.54) is 0 Å². The lowest BCUT2D eigenvalue weighted by Crippen LogP contribution is -2.14. The van der Waals surface area contributed by atoms with Crippen LogP contribution < -0.4 is 10.1 Å². The van der Waals surface area contributed by atoms with E-state index >= 15 is 0 Å². The number of aromatic amines is 1. The van der Waals surface area contributed by atoms with Gasteiger partial charge in [-0.3, -0.25) is 14.4 Å². The lowest BCUT2D eigenvalue weighted by atomic mass is 9.94. The van der Waals surface area contributed by atoms with Gasteiger partial charge in [-0.2, -0.15) is 0 Å². The molecule has 0 bridgehead atoms. The molecule has 0 saturated heterocycles. The number of anilines is 1. The first kappa shape index (κ1) is 18.7. The molecule has 0 unspecified atom stereocenters. The number of carboxylic acids is 1. The summed E-state index contributed by atoms with van der Waals surface area (Å²) in [6.45, 7) is 2.11. The highest BCUT2D eigenvalue weighted by molar-refractivity contribution is 6.08. The van der Waals surface area contributed by atoms with Gasteiger partial charge in [0.1, 0.15) is 11.4 Å². The fourth-order valence-electron chi connectivity index (χ4n) is 3.24. The molecule has 2 aromatic rings. The van der Waals surface area contributed by atoms with Gasteiger partial charge in [0.2, 0.25) is 0 Å². The van der Waals surface area contributed by atoms with Crippen LogP contribution in [-0.4, -0.2) is 34.4 Å². The number of H-pyrrole nitrogens is 1. The molecule has 1 heterocycles. The van der Waals surface area contributed by atoms with Crippen molar-refractivity contribution >= 4 is 23.3 Å². The third-order valence-corrected chi connectivity index (χ3v) is 4.58. The maximum absolute atomic E-state index is 12.6. The van der Waals surface area contributed by atoms with Crippen molar-refractivity contribution in [1.29, 1.82) is 0 Å². The Bertz CT molecular complexity index is 867. The number of ether oxygens (including phenoxy) is 1. The number of nitrogens with one attached hydrogen (secondary N) is 2. The Morgan fingerprint density at radius 3 is 2.63 bits per heavy atom. The molecular formula is C20H22N2O5. The number of Topliss-reactive ketones (excluding diaryl/α,β-unsaturated/α-hetero) is 1. The van der Waals surface area contributed by atoms with Crippen LogP contribution in [0.2, 0.25) is 0 Å². The first-order valence-corrected chi connectivity index (χ1v) is 8.96. The zero-order valence-electron chi connectivity index (χ0n) is 15.1. The molecule has 0 saturated carbocycles. The summed E-state index contributed by atoms with van der Waals surface area (Å²) in [4.78, 5) is 38.2. The fourth-order valence-corrected chi connectivity index (χ4v) is 3.24. The maximum Gasteiger partial charge on any atom is 0.303 e. The van der Waals surface area contributed by atoms with Crippen molar-refractivity contribution in [1.82, 2.24) is 4.98 Å². The lowest BCUT2D eigenvalue weighted by molar-refractivity contribution is -0.137. The minimum absolute atomic E-state index is 0.0656. The van der Waals surface area contributed by atoms with E-state index in [0.29, 0.717) is 47.7 Å². The van der Waals surface area contributed by atoms with E-state index in [-0.39, 0.29) is 18.1 Å². The summed E-state index contributed by atoms with van der Waals surface area (Å²) < 4.78 is 5.47. The third kappa shape index (κ3) is 4.36. The number of aryl methyl sites for hydroxylation is 1. The quantitative estimate of drug-likeness (QED) is 0.648. The number of benzene rings is 1. The predicted molar refractivity (Wildman–Crippen MR) is 99.6 cm³/mol. The second-order valence-electron chi connectivity index (χ2n) is 6.58. The number of hydrogen-bond acceptors (Lipinski definition) is 4. The SMILES string of the molecule is Cc1c(C(=O)Nc2ccc(OCCCC(=O)O)cc2)[nH]c2c1C(=O)CCC2. The van der Waals surface area contributed by atoms with Crippen molar-refractivity contribution in [3.8, 4) is 5.75 Å². The fraction of sp³-hybridized carbons (Fsp3) is 0.350. The molecule has 1 aliphatic rings. The summed E-state index contributed by atoms with van der Waals surface area (Å²) >= 11 is 0. The van der Waals surface area contributed by atoms with E-state index in [1.54, 1.807) is 31.2 Å². The first-order valence-electron chi connectivity index (χ1n) is 8.96. The largest absolute Gasteiger partial charge is 0.494 e. The van der Waals surface area contributed by atoms with Gasteiger partial charge in [-0.05, 0) is 56.0 Å². The Balaban J connectivity index is 1.61. The Kier molecular flexibility index (Phi) is 5.59. The zero-order valence-corrected chi connectivity index (χ0v) is 15.1. The molecule has 0 radical (unpaired) electrons. The van der Waals surface area contributed by atoms with Crippen LogP contribution in [0.1, 0.15) is 57.8 Å². The number of aliphatic carboxylic acids is 1. The van der Waals surface area contributed by atoms with Gasteiger partial charge < -0.3 is 20.1 Å². The summed E-state index contributed by atoms with van der Waals surface area (Å²) in [6.07, 6.45) is 2.62. The molecule has 7 nitrogen and oxygen atoms in total. The Labute approximate surface area is 156 Å². The molecular weight excluding hydrogens is 348 g/mol. The van der Waals surface area contributed by atoms with Crippen molar-refractivity contribution in [3.63, 3.8) is 0 Å². The third-order valence-electron chi connectivity index (χ3n) is 4.58. The topological polar surface area (TPSA) is 108 Å². The Hall–Kier alpha value is -3.09. The summed E-state index contributed by atoms with van der Waals surface area (Å²) in [5.74, 6) is -0.437. The summed E-state index contributed by atoms with van der Waals surface area (Å²) in [7, 11) is 0. The molecule has 0 atom stereocenters. The lowest BCUT2D eigenvalue weighted by Gasteiger charge is -2.09. The number of hydrogen-bond donors (Lipinski definition) is 3. The molecule has 1 aromatic heterocycles. The standard InChI is InChI=1S/C20H22N2O5/c1-12-18-15(4-2-5-16(18)23)22-19(12)20(26)21-13-7-9-14(10-8-13)27-11-3-6-17(24)25/h7-10,22H,2-6,11H2,1H3,(H,21,26)(H,24,25). The van der Waals surface area contributed by atoms with Gasteiger partial charge in [-0.15, -0.1) is 0 Å². The van der Waals surface area contributed by atoms with E-state index < -0.39 is 5.97 Å². The number of amides is 1. The number of ketones is 1. The van der Waals surface area contributed by atoms with Crippen molar-refractivity contribution in [2.24, 2.45) is 0 Å². The van der Waals surface area contributed by atoms with Crippen molar-refractivity contribution < 1.29 is 24.2 Å². The van der Waals surface area contributed by atoms with Crippen LogP contribution >= 0.6 is 0 Å². The molecule has 1 aromatic carbocycles. The zero-order chi connectivity index (χ0) is 19.4. The summed E-state index contributed by atoms with van der Waals surface area (Å²) in [5.41, 5.74) is 3.24. The van der Waals surface area contributed by atoms with E-state index in [4.69, 9.17) is 9.84 Å². The van der Waals surface area contributed by atoms with Crippen LogP contribution in [0.15, 0.2) is 24.3 Å². The molecule has 1 aliphatic carbocycles. The molecule has 1 amide bonds. The van der Waals surface area contributed by atoms with Crippen molar-refractivity contribution in [2.75, 3.05) is 11.9 Å². The van der Waals surface area contributed by atoms with Crippen LogP contribution in [0.5, 0.6) is 5.75 Å². The van der Waals surface area contributed by atoms with Crippen molar-refractivity contribution in [3.05, 3.63) is 46.8 Å². The van der Waals surface area contributed by atoms with Crippen LogP contribution in [0.25, 0.3) is 0 Å². The average Bonchev–Trinajstić information content (AvgIpc) is 2.98. The van der Waals surface area contributed by atoms with Crippen LogP contribution in [-0.2, 0) is 11.2 Å². The highest BCUT2D eigenvalue weighted by Gasteiger charge is 2.26. The second kappa shape index (κ2) is 8.07. The summed E-state index contributed by atoms with van der Waals surface area (Å²) in [5, 5.41) is 11.4.